The highest BCUT2D eigenvalue weighted by molar-refractivity contribution is 5.71. The highest BCUT2D eigenvalue weighted by Crippen LogP contribution is 2.40. The number of benzene rings is 1. The average molecular weight is 258 g/mol. The summed E-state index contributed by atoms with van der Waals surface area (Å²) in [6.07, 6.45) is 1.84. The van der Waals surface area contributed by atoms with Gasteiger partial charge in [-0.25, -0.2) is 0 Å². The van der Waals surface area contributed by atoms with Crippen LogP contribution >= 0.6 is 0 Å². The smallest absolute Gasteiger partial charge is 0.202 e. The highest BCUT2D eigenvalue weighted by Gasteiger charge is 2.23. The molecular weight excluding hydrogens is 240 g/mol. The van der Waals surface area contributed by atoms with Gasteiger partial charge in [0.1, 0.15) is 0 Å². The highest BCUT2D eigenvalue weighted by atomic mass is 16.3. The minimum absolute atomic E-state index is 0.142. The van der Waals surface area contributed by atoms with Crippen molar-refractivity contribution in [2.45, 2.75) is 18.9 Å². The van der Waals surface area contributed by atoms with E-state index in [0.29, 0.717) is 5.56 Å². The fourth-order valence-corrected chi connectivity index (χ4v) is 2.76. The minimum Gasteiger partial charge on any atom is -0.494 e. The zero-order valence-electron chi connectivity index (χ0n) is 10.7. The monoisotopic (exact) mass is 258 g/mol. The summed E-state index contributed by atoms with van der Waals surface area (Å²) in [6, 6.07) is 11.5. The van der Waals surface area contributed by atoms with Crippen molar-refractivity contribution in [3.63, 3.8) is 0 Å². The van der Waals surface area contributed by atoms with Gasteiger partial charge in [0.15, 0.2) is 5.88 Å². The fourth-order valence-electron chi connectivity index (χ4n) is 2.76. The summed E-state index contributed by atoms with van der Waals surface area (Å²) in [5.74, 6) is 0.304. The molecule has 1 aromatic carbocycles. The molecule has 1 aromatic heterocycles. The third-order valence-corrected chi connectivity index (χ3v) is 3.75. The molecule has 1 fully saturated rings. The fraction of sp³-hybridized carbons (Fsp3) is 0.333. The number of nitrogens with zero attached hydrogens (tertiary/aromatic N) is 1. The zero-order valence-corrected chi connectivity index (χ0v) is 10.7. The average Bonchev–Trinajstić information content (AvgIpc) is 2.76. The van der Waals surface area contributed by atoms with E-state index in [1.807, 2.05) is 30.3 Å². The molecule has 2 heterocycles. The maximum Gasteiger partial charge on any atom is 0.202 e. The van der Waals surface area contributed by atoms with Gasteiger partial charge in [0, 0.05) is 17.7 Å². The van der Waals surface area contributed by atoms with Crippen LogP contribution in [0, 0.1) is 0 Å². The largest absolute Gasteiger partial charge is 0.494 e. The first-order valence-electron chi connectivity index (χ1n) is 6.66. The first-order valence-corrected chi connectivity index (χ1v) is 6.66. The number of nitrogens with one attached hydrogen (secondary N) is 1. The van der Waals surface area contributed by atoms with Gasteiger partial charge >= 0.3 is 0 Å². The van der Waals surface area contributed by atoms with Crippen LogP contribution in [0.25, 0.3) is 11.1 Å². The molecule has 0 aliphatic carbocycles. The summed E-state index contributed by atoms with van der Waals surface area (Å²) >= 11 is 0. The molecule has 19 heavy (non-hydrogen) atoms. The Balaban J connectivity index is 2.00. The number of aromatic nitrogens is 1. The predicted octanol–water partition coefficient (Wildman–Crippen LogP) is 2.49. The third-order valence-electron chi connectivity index (χ3n) is 3.75. The molecule has 3 rings (SSSR count). The van der Waals surface area contributed by atoms with Crippen molar-refractivity contribution in [3.05, 3.63) is 36.4 Å². The number of piperidine rings is 1. The Morgan fingerprint density at radius 3 is 2.42 bits per heavy atom. The molecule has 4 nitrogen and oxygen atoms in total. The normalized spacial score (nSPS) is 16.6. The van der Waals surface area contributed by atoms with Gasteiger partial charge in [-0.05, 0) is 31.5 Å². The minimum atomic E-state index is 0.142. The van der Waals surface area contributed by atoms with Crippen LogP contribution in [-0.2, 0) is 0 Å². The summed E-state index contributed by atoms with van der Waals surface area (Å²) in [5.41, 5.74) is 1.61. The predicted molar refractivity (Wildman–Crippen MR) is 74.3 cm³/mol. The summed E-state index contributed by atoms with van der Waals surface area (Å²) in [4.78, 5) is 0. The molecule has 1 saturated heterocycles. The first kappa shape index (κ1) is 12.1. The number of hydrogen-bond acceptors (Lipinski definition) is 3. The van der Waals surface area contributed by atoms with E-state index in [0.717, 1.165) is 31.5 Å². The lowest BCUT2D eigenvalue weighted by Gasteiger charge is -2.25. The first-order chi connectivity index (χ1) is 9.27. The van der Waals surface area contributed by atoms with Crippen LogP contribution in [0.1, 0.15) is 18.9 Å². The van der Waals surface area contributed by atoms with Crippen molar-refractivity contribution in [3.8, 4) is 22.9 Å². The summed E-state index contributed by atoms with van der Waals surface area (Å²) in [5, 5.41) is 23.8. The van der Waals surface area contributed by atoms with Gasteiger partial charge in [-0.2, -0.15) is 0 Å². The van der Waals surface area contributed by atoms with Crippen LogP contribution in [-0.4, -0.2) is 27.9 Å². The van der Waals surface area contributed by atoms with E-state index < -0.39 is 0 Å². The lowest BCUT2D eigenvalue weighted by atomic mass is 10.1. The summed E-state index contributed by atoms with van der Waals surface area (Å²) in [7, 11) is 0. The van der Waals surface area contributed by atoms with Crippen molar-refractivity contribution in [2.75, 3.05) is 13.1 Å². The summed E-state index contributed by atoms with van der Waals surface area (Å²) < 4.78 is 1.66. The van der Waals surface area contributed by atoms with E-state index in [1.165, 1.54) is 0 Å². The second-order valence-electron chi connectivity index (χ2n) is 4.96. The van der Waals surface area contributed by atoms with Crippen LogP contribution in [0.4, 0.5) is 0 Å². The number of rotatable bonds is 2. The van der Waals surface area contributed by atoms with Gasteiger partial charge in [0.2, 0.25) is 5.88 Å². The maximum atomic E-state index is 10.4. The lowest BCUT2D eigenvalue weighted by Crippen LogP contribution is -2.29. The Hall–Kier alpha value is -1.94. The van der Waals surface area contributed by atoms with Crippen molar-refractivity contribution in [1.29, 1.82) is 0 Å². The SMILES string of the molecule is Oc1cc(-c2ccccc2)c(O)n1C1CCNCC1. The van der Waals surface area contributed by atoms with E-state index in [-0.39, 0.29) is 17.8 Å². The molecule has 0 unspecified atom stereocenters. The van der Waals surface area contributed by atoms with Crippen LogP contribution in [0.2, 0.25) is 0 Å². The van der Waals surface area contributed by atoms with Crippen LogP contribution in [0.15, 0.2) is 36.4 Å². The Bertz CT molecular complexity index is 557. The van der Waals surface area contributed by atoms with E-state index >= 15 is 0 Å². The number of hydrogen-bond donors (Lipinski definition) is 3. The van der Waals surface area contributed by atoms with Crippen molar-refractivity contribution in [2.24, 2.45) is 0 Å². The molecule has 3 N–H and O–H groups in total. The van der Waals surface area contributed by atoms with E-state index in [2.05, 4.69) is 5.32 Å². The molecule has 0 atom stereocenters. The zero-order chi connectivity index (χ0) is 13.2. The quantitative estimate of drug-likeness (QED) is 0.775. The van der Waals surface area contributed by atoms with Gasteiger partial charge < -0.3 is 15.5 Å². The molecule has 0 radical (unpaired) electrons. The molecule has 2 aromatic rings. The van der Waals surface area contributed by atoms with Gasteiger partial charge in [-0.3, -0.25) is 4.57 Å². The second kappa shape index (κ2) is 4.97. The van der Waals surface area contributed by atoms with Gasteiger partial charge in [-0.15, -0.1) is 0 Å². The van der Waals surface area contributed by atoms with Gasteiger partial charge in [0.05, 0.1) is 0 Å². The van der Waals surface area contributed by atoms with Gasteiger partial charge in [-0.1, -0.05) is 30.3 Å². The molecule has 0 amide bonds. The topological polar surface area (TPSA) is 57.4 Å². The second-order valence-corrected chi connectivity index (χ2v) is 4.96. The van der Waals surface area contributed by atoms with E-state index in [9.17, 15) is 10.2 Å². The van der Waals surface area contributed by atoms with Crippen LogP contribution in [0.5, 0.6) is 11.8 Å². The van der Waals surface area contributed by atoms with Crippen molar-refractivity contribution in [1.82, 2.24) is 9.88 Å². The van der Waals surface area contributed by atoms with Crippen LogP contribution < -0.4 is 5.32 Å². The Morgan fingerprint density at radius 1 is 1.05 bits per heavy atom. The Morgan fingerprint density at radius 2 is 1.74 bits per heavy atom. The molecule has 100 valence electrons. The molecule has 1 aliphatic heterocycles. The van der Waals surface area contributed by atoms with Gasteiger partial charge in [0.25, 0.3) is 0 Å². The Labute approximate surface area is 112 Å². The summed E-state index contributed by atoms with van der Waals surface area (Å²) in [6.45, 7) is 1.84. The van der Waals surface area contributed by atoms with Crippen LogP contribution in [0.3, 0.4) is 0 Å². The lowest BCUT2D eigenvalue weighted by molar-refractivity contribution is 0.290. The third kappa shape index (κ3) is 2.19. The molecule has 0 spiro atoms. The standard InChI is InChI=1S/C15H18N2O2/c18-14-10-13(11-4-2-1-3-5-11)15(19)17(14)12-6-8-16-9-7-12/h1-5,10,12,16,18-19H,6-9H2. The Kier molecular flexibility index (Phi) is 3.17. The maximum absolute atomic E-state index is 10.4. The number of aromatic hydroxyl groups is 2. The molecule has 0 saturated carbocycles. The molecule has 1 aliphatic rings. The molecule has 0 bridgehead atoms. The molecular formula is C15H18N2O2. The van der Waals surface area contributed by atoms with E-state index in [4.69, 9.17) is 0 Å². The van der Waals surface area contributed by atoms with Crippen molar-refractivity contribution < 1.29 is 10.2 Å². The molecule has 4 heteroatoms. The van der Waals surface area contributed by atoms with Crippen molar-refractivity contribution >= 4 is 0 Å². The van der Waals surface area contributed by atoms with E-state index in [1.54, 1.807) is 10.6 Å².